The van der Waals surface area contributed by atoms with Gasteiger partial charge in [0.1, 0.15) is 0 Å². The minimum atomic E-state index is -0.210. The molecule has 4 heteroatoms. The maximum atomic E-state index is 11.2. The van der Waals surface area contributed by atoms with Crippen molar-refractivity contribution in [2.45, 2.75) is 17.8 Å². The molecule has 2 aliphatic heterocycles. The van der Waals surface area contributed by atoms with Gasteiger partial charge in [0.25, 0.3) is 0 Å². The lowest BCUT2D eigenvalue weighted by molar-refractivity contribution is -0.128. The van der Waals surface area contributed by atoms with Crippen LogP contribution >= 0.6 is 11.8 Å². The molecular weight excluding hydrogens is 148 g/mol. The Morgan fingerprint density at radius 1 is 1.70 bits per heavy atom. The standard InChI is InChI=1S/C6H10N2OS/c7-4-3-5-8(6(4)9)1-2-10-5/h4-5H,1-3,7H2/t4-,5?/m1/s1. The third kappa shape index (κ3) is 0.754. The molecule has 1 unspecified atom stereocenters. The fraction of sp³-hybridized carbons (Fsp3) is 0.833. The summed E-state index contributed by atoms with van der Waals surface area (Å²) in [6, 6.07) is -0.210. The largest absolute Gasteiger partial charge is 0.328 e. The van der Waals surface area contributed by atoms with E-state index in [4.69, 9.17) is 5.73 Å². The molecule has 2 rings (SSSR count). The number of nitrogens with zero attached hydrogens (tertiary/aromatic N) is 1. The predicted octanol–water partition coefficient (Wildman–Crippen LogP) is -0.381. The van der Waals surface area contributed by atoms with Gasteiger partial charge in [-0.3, -0.25) is 4.79 Å². The van der Waals surface area contributed by atoms with Crippen molar-refractivity contribution in [2.24, 2.45) is 5.73 Å². The molecule has 3 nitrogen and oxygen atoms in total. The van der Waals surface area contributed by atoms with Gasteiger partial charge in [0, 0.05) is 18.7 Å². The summed E-state index contributed by atoms with van der Waals surface area (Å²) >= 11 is 1.85. The highest BCUT2D eigenvalue weighted by atomic mass is 32.2. The number of carbonyl (C=O) groups excluding carboxylic acids is 1. The lowest BCUT2D eigenvalue weighted by Crippen LogP contribution is -2.34. The van der Waals surface area contributed by atoms with E-state index in [1.165, 1.54) is 0 Å². The van der Waals surface area contributed by atoms with Gasteiger partial charge in [0.05, 0.1) is 11.4 Å². The Bertz CT molecular complexity index is 173. The maximum Gasteiger partial charge on any atom is 0.240 e. The fourth-order valence-electron chi connectivity index (χ4n) is 1.50. The summed E-state index contributed by atoms with van der Waals surface area (Å²) in [7, 11) is 0. The molecule has 0 bridgehead atoms. The minimum Gasteiger partial charge on any atom is -0.328 e. The number of hydrogen-bond donors (Lipinski definition) is 1. The summed E-state index contributed by atoms with van der Waals surface area (Å²) in [5.74, 6) is 1.23. The van der Waals surface area contributed by atoms with Crippen LogP contribution in [-0.4, -0.2) is 34.5 Å². The smallest absolute Gasteiger partial charge is 0.240 e. The third-order valence-electron chi connectivity index (χ3n) is 2.05. The summed E-state index contributed by atoms with van der Waals surface area (Å²) in [6.07, 6.45) is 0.851. The van der Waals surface area contributed by atoms with Crippen LogP contribution in [0.4, 0.5) is 0 Å². The molecule has 0 saturated carbocycles. The Labute approximate surface area is 63.9 Å². The van der Waals surface area contributed by atoms with Crippen LogP contribution in [-0.2, 0) is 4.79 Å². The number of fused-ring (bicyclic) bond motifs is 1. The average Bonchev–Trinajstić information content (AvgIpc) is 2.41. The quantitative estimate of drug-likeness (QED) is 0.522. The molecule has 56 valence electrons. The first kappa shape index (κ1) is 6.49. The SMILES string of the molecule is N[C@@H]1CC2SCCN2C1=O. The van der Waals surface area contributed by atoms with Crippen LogP contribution in [0, 0.1) is 0 Å². The van der Waals surface area contributed by atoms with Crippen LogP contribution in [0.1, 0.15) is 6.42 Å². The van der Waals surface area contributed by atoms with E-state index in [2.05, 4.69) is 0 Å². The molecule has 10 heavy (non-hydrogen) atoms. The molecule has 2 aliphatic rings. The Morgan fingerprint density at radius 3 is 3.20 bits per heavy atom. The predicted molar refractivity (Wildman–Crippen MR) is 40.6 cm³/mol. The first-order valence-electron chi connectivity index (χ1n) is 3.47. The van der Waals surface area contributed by atoms with E-state index in [9.17, 15) is 4.79 Å². The van der Waals surface area contributed by atoms with Gasteiger partial charge in [-0.25, -0.2) is 0 Å². The summed E-state index contributed by atoms with van der Waals surface area (Å²) in [6.45, 7) is 0.905. The first-order chi connectivity index (χ1) is 4.79. The third-order valence-corrected chi connectivity index (χ3v) is 3.30. The fourth-order valence-corrected chi connectivity index (χ4v) is 2.81. The van der Waals surface area contributed by atoms with Crippen molar-refractivity contribution in [3.8, 4) is 0 Å². The molecule has 2 atom stereocenters. The number of thioether (sulfide) groups is 1. The molecule has 0 aliphatic carbocycles. The molecule has 0 radical (unpaired) electrons. The van der Waals surface area contributed by atoms with Gasteiger partial charge in [-0.15, -0.1) is 11.8 Å². The Morgan fingerprint density at radius 2 is 2.50 bits per heavy atom. The number of nitrogens with two attached hydrogens (primary N) is 1. The van der Waals surface area contributed by atoms with Crippen molar-refractivity contribution >= 4 is 17.7 Å². The highest BCUT2D eigenvalue weighted by Crippen LogP contribution is 2.32. The second-order valence-corrected chi connectivity index (χ2v) is 3.99. The highest BCUT2D eigenvalue weighted by molar-refractivity contribution is 8.00. The van der Waals surface area contributed by atoms with Crippen molar-refractivity contribution in [1.82, 2.24) is 4.90 Å². The van der Waals surface area contributed by atoms with Crippen molar-refractivity contribution in [3.05, 3.63) is 0 Å². The lowest BCUT2D eigenvalue weighted by atomic mass is 10.3. The van der Waals surface area contributed by atoms with Gasteiger partial charge in [0.2, 0.25) is 5.91 Å². The molecule has 0 aromatic carbocycles. The average molecular weight is 158 g/mol. The van der Waals surface area contributed by atoms with Crippen molar-refractivity contribution in [1.29, 1.82) is 0 Å². The zero-order valence-electron chi connectivity index (χ0n) is 5.62. The highest BCUT2D eigenvalue weighted by Gasteiger charge is 2.40. The zero-order valence-corrected chi connectivity index (χ0v) is 6.43. The van der Waals surface area contributed by atoms with Gasteiger partial charge in [-0.1, -0.05) is 0 Å². The summed E-state index contributed by atoms with van der Waals surface area (Å²) in [4.78, 5) is 13.1. The molecule has 0 spiro atoms. The number of carbonyl (C=O) groups is 1. The van der Waals surface area contributed by atoms with Crippen LogP contribution in [0.2, 0.25) is 0 Å². The molecular formula is C6H10N2OS. The van der Waals surface area contributed by atoms with Gasteiger partial charge >= 0.3 is 0 Å². The Balaban J connectivity index is 2.17. The van der Waals surface area contributed by atoms with Gasteiger partial charge in [-0.2, -0.15) is 0 Å². The van der Waals surface area contributed by atoms with Gasteiger partial charge < -0.3 is 10.6 Å². The van der Waals surface area contributed by atoms with E-state index in [1.54, 1.807) is 0 Å². The van der Waals surface area contributed by atoms with E-state index in [-0.39, 0.29) is 11.9 Å². The minimum absolute atomic E-state index is 0.148. The lowest BCUT2D eigenvalue weighted by Gasteiger charge is -2.12. The first-order valence-corrected chi connectivity index (χ1v) is 4.51. The molecule has 2 saturated heterocycles. The molecule has 2 fully saturated rings. The topological polar surface area (TPSA) is 46.3 Å². The molecule has 2 N–H and O–H groups in total. The van der Waals surface area contributed by atoms with Crippen LogP contribution in [0.15, 0.2) is 0 Å². The van der Waals surface area contributed by atoms with Gasteiger partial charge in [0.15, 0.2) is 0 Å². The maximum absolute atomic E-state index is 11.2. The van der Waals surface area contributed by atoms with E-state index in [0.717, 1.165) is 18.7 Å². The number of amides is 1. The normalized spacial score (nSPS) is 38.9. The zero-order chi connectivity index (χ0) is 7.14. The van der Waals surface area contributed by atoms with Crippen molar-refractivity contribution in [2.75, 3.05) is 12.3 Å². The molecule has 2 heterocycles. The molecule has 1 amide bonds. The van der Waals surface area contributed by atoms with Crippen LogP contribution in [0.25, 0.3) is 0 Å². The Hall–Kier alpha value is -0.220. The molecule has 0 aromatic rings. The summed E-state index contributed by atoms with van der Waals surface area (Å²) in [5.41, 5.74) is 5.56. The second-order valence-electron chi connectivity index (χ2n) is 2.70. The van der Waals surface area contributed by atoms with E-state index >= 15 is 0 Å². The van der Waals surface area contributed by atoms with Crippen LogP contribution < -0.4 is 5.73 Å². The van der Waals surface area contributed by atoms with E-state index in [1.807, 2.05) is 16.7 Å². The number of hydrogen-bond acceptors (Lipinski definition) is 3. The van der Waals surface area contributed by atoms with Crippen LogP contribution in [0.3, 0.4) is 0 Å². The van der Waals surface area contributed by atoms with Gasteiger partial charge in [-0.05, 0) is 0 Å². The summed E-state index contributed by atoms with van der Waals surface area (Å²) < 4.78 is 0. The van der Waals surface area contributed by atoms with E-state index < -0.39 is 0 Å². The second kappa shape index (κ2) is 2.13. The summed E-state index contributed by atoms with van der Waals surface area (Å²) in [5, 5.41) is 0.405. The monoisotopic (exact) mass is 158 g/mol. The van der Waals surface area contributed by atoms with E-state index in [0.29, 0.717) is 5.37 Å². The van der Waals surface area contributed by atoms with Crippen molar-refractivity contribution in [3.63, 3.8) is 0 Å². The van der Waals surface area contributed by atoms with Crippen molar-refractivity contribution < 1.29 is 4.79 Å². The number of rotatable bonds is 0. The van der Waals surface area contributed by atoms with Crippen LogP contribution in [0.5, 0.6) is 0 Å². The molecule has 0 aromatic heterocycles. The Kier molecular flexibility index (Phi) is 1.38.